The molecule has 0 aromatic heterocycles. The van der Waals surface area contributed by atoms with Crippen LogP contribution in [-0.4, -0.2) is 38.2 Å². The Hall–Kier alpha value is -2.44. The van der Waals surface area contributed by atoms with Crippen LogP contribution in [0.2, 0.25) is 0 Å². The number of sulfonamides is 1. The Balaban J connectivity index is 2.96. The first-order valence-corrected chi connectivity index (χ1v) is 8.72. The molecule has 9 heteroatoms. The minimum absolute atomic E-state index is 0.113. The number of likely N-dealkylation sites (N-methyl/N-ethyl adjacent to an activating group) is 1. The Morgan fingerprint density at radius 2 is 1.83 bits per heavy atom. The van der Waals surface area contributed by atoms with Gasteiger partial charge in [0.1, 0.15) is 6.04 Å². The normalized spacial score (nSPS) is 12.3. The molecule has 0 saturated heterocycles. The van der Waals surface area contributed by atoms with Gasteiger partial charge in [0, 0.05) is 12.6 Å². The fraction of sp³-hybridized carbons (Fsp3) is 0.400. The summed E-state index contributed by atoms with van der Waals surface area (Å²) in [6.07, 6.45) is 2.07. The van der Waals surface area contributed by atoms with Gasteiger partial charge in [-0.1, -0.05) is 13.8 Å². The van der Waals surface area contributed by atoms with Crippen molar-refractivity contribution in [3.8, 4) is 6.19 Å². The summed E-state index contributed by atoms with van der Waals surface area (Å²) >= 11 is 0. The van der Waals surface area contributed by atoms with Crippen LogP contribution in [0.3, 0.4) is 0 Å². The zero-order chi connectivity index (χ0) is 18.5. The second kappa shape index (κ2) is 7.90. The van der Waals surface area contributed by atoms with E-state index in [0.29, 0.717) is 6.42 Å². The fourth-order valence-electron chi connectivity index (χ4n) is 2.01. The zero-order valence-electron chi connectivity index (χ0n) is 13.7. The maximum Gasteiger partial charge on any atom is 0.257 e. The quantitative estimate of drug-likeness (QED) is 0.565. The summed E-state index contributed by atoms with van der Waals surface area (Å²) in [5.41, 5.74) is 0.184. The third-order valence-corrected chi connectivity index (χ3v) is 4.17. The van der Waals surface area contributed by atoms with Crippen molar-refractivity contribution in [2.75, 3.05) is 7.05 Å². The Kier molecular flexibility index (Phi) is 6.45. The zero-order valence-corrected chi connectivity index (χ0v) is 14.5. The van der Waals surface area contributed by atoms with Gasteiger partial charge >= 0.3 is 0 Å². The number of hydrogen-bond donors (Lipinski definition) is 2. The molecule has 0 aliphatic rings. The van der Waals surface area contributed by atoms with Crippen molar-refractivity contribution in [3.63, 3.8) is 0 Å². The fourth-order valence-corrected chi connectivity index (χ4v) is 2.53. The second-order valence-electron chi connectivity index (χ2n) is 5.72. The largest absolute Gasteiger partial charge is 0.340 e. The predicted octanol–water partition coefficient (Wildman–Crippen LogP) is 0.418. The second-order valence-corrected chi connectivity index (χ2v) is 7.28. The van der Waals surface area contributed by atoms with Crippen molar-refractivity contribution in [1.82, 2.24) is 10.2 Å². The molecule has 1 rings (SSSR count). The van der Waals surface area contributed by atoms with Crippen molar-refractivity contribution in [1.29, 1.82) is 5.26 Å². The number of carbonyl (C=O) groups is 2. The number of hydrogen-bond acceptors (Lipinski definition) is 5. The molecule has 3 N–H and O–H groups in total. The lowest BCUT2D eigenvalue weighted by Gasteiger charge is -2.21. The van der Waals surface area contributed by atoms with Gasteiger partial charge < -0.3 is 5.32 Å². The Morgan fingerprint density at radius 1 is 1.29 bits per heavy atom. The van der Waals surface area contributed by atoms with Crippen LogP contribution in [-0.2, 0) is 14.8 Å². The van der Waals surface area contributed by atoms with Crippen LogP contribution >= 0.6 is 0 Å². The summed E-state index contributed by atoms with van der Waals surface area (Å²) < 4.78 is 22.4. The molecule has 0 heterocycles. The monoisotopic (exact) mass is 352 g/mol. The average molecular weight is 352 g/mol. The maximum atomic E-state index is 12.3. The average Bonchev–Trinajstić information content (AvgIpc) is 2.51. The number of nitrogens with one attached hydrogen (secondary N) is 1. The first-order valence-electron chi connectivity index (χ1n) is 7.17. The highest BCUT2D eigenvalue weighted by molar-refractivity contribution is 7.89. The van der Waals surface area contributed by atoms with Gasteiger partial charge in [-0.2, -0.15) is 5.26 Å². The molecule has 0 unspecified atom stereocenters. The summed E-state index contributed by atoms with van der Waals surface area (Å²) in [4.78, 5) is 25.2. The van der Waals surface area contributed by atoms with E-state index in [2.05, 4.69) is 5.32 Å². The maximum absolute atomic E-state index is 12.3. The number of nitrogens with zero attached hydrogens (tertiary/aromatic N) is 2. The summed E-state index contributed by atoms with van der Waals surface area (Å²) in [6, 6.07) is 4.19. The van der Waals surface area contributed by atoms with Gasteiger partial charge in [0.15, 0.2) is 6.19 Å². The van der Waals surface area contributed by atoms with Gasteiger partial charge in [-0.25, -0.2) is 13.6 Å². The SMILES string of the molecule is CC(C)C[C@H](NC(=O)c1ccc(S(N)(=O)=O)cc1)C(=O)N(C)C#N. The molecule has 1 aromatic carbocycles. The predicted molar refractivity (Wildman–Crippen MR) is 86.9 cm³/mol. The van der Waals surface area contributed by atoms with E-state index in [4.69, 9.17) is 10.4 Å². The third-order valence-electron chi connectivity index (χ3n) is 3.24. The molecular weight excluding hydrogens is 332 g/mol. The first kappa shape index (κ1) is 19.6. The number of nitriles is 1. The van der Waals surface area contributed by atoms with Crippen molar-refractivity contribution in [2.45, 2.75) is 31.2 Å². The van der Waals surface area contributed by atoms with Crippen molar-refractivity contribution >= 4 is 21.8 Å². The molecule has 130 valence electrons. The van der Waals surface area contributed by atoms with Crippen LogP contribution < -0.4 is 10.5 Å². The van der Waals surface area contributed by atoms with Gasteiger partial charge in [-0.3, -0.25) is 14.5 Å². The molecule has 1 atom stereocenters. The van der Waals surface area contributed by atoms with E-state index in [0.717, 1.165) is 4.90 Å². The summed E-state index contributed by atoms with van der Waals surface area (Å²) in [5, 5.41) is 16.4. The van der Waals surface area contributed by atoms with E-state index in [1.54, 1.807) is 6.19 Å². The number of carbonyl (C=O) groups excluding carboxylic acids is 2. The van der Waals surface area contributed by atoms with E-state index >= 15 is 0 Å². The molecule has 0 spiro atoms. The molecule has 1 aromatic rings. The summed E-state index contributed by atoms with van der Waals surface area (Å²) in [5.74, 6) is -0.932. The molecule has 8 nitrogen and oxygen atoms in total. The topological polar surface area (TPSA) is 133 Å². The number of primary sulfonamides is 1. The van der Waals surface area contributed by atoms with Gasteiger partial charge in [0.25, 0.3) is 11.8 Å². The van der Waals surface area contributed by atoms with E-state index in [9.17, 15) is 18.0 Å². The van der Waals surface area contributed by atoms with Gasteiger partial charge in [-0.05, 0) is 36.6 Å². The minimum atomic E-state index is -3.84. The first-order chi connectivity index (χ1) is 11.1. The summed E-state index contributed by atoms with van der Waals surface area (Å²) in [6.45, 7) is 3.78. The van der Waals surface area contributed by atoms with Crippen molar-refractivity contribution < 1.29 is 18.0 Å². The number of rotatable bonds is 6. The minimum Gasteiger partial charge on any atom is -0.340 e. The molecule has 0 bridgehead atoms. The van der Waals surface area contributed by atoms with Crippen LogP contribution in [0.25, 0.3) is 0 Å². The van der Waals surface area contributed by atoms with Crippen LogP contribution in [0.15, 0.2) is 29.2 Å². The van der Waals surface area contributed by atoms with Gasteiger partial charge in [0.2, 0.25) is 10.0 Å². The highest BCUT2D eigenvalue weighted by Crippen LogP contribution is 2.11. The lowest BCUT2D eigenvalue weighted by atomic mass is 10.0. The molecule has 0 radical (unpaired) electrons. The number of nitrogens with two attached hydrogens (primary N) is 1. The highest BCUT2D eigenvalue weighted by atomic mass is 32.2. The molecular formula is C15H20N4O4S. The molecule has 24 heavy (non-hydrogen) atoms. The lowest BCUT2D eigenvalue weighted by Crippen LogP contribution is -2.46. The van der Waals surface area contributed by atoms with Crippen LogP contribution in [0.4, 0.5) is 0 Å². The Bertz CT molecular complexity index is 751. The Labute approximate surface area is 141 Å². The van der Waals surface area contributed by atoms with E-state index in [1.165, 1.54) is 31.3 Å². The standard InChI is InChI=1S/C15H20N4O4S/c1-10(2)8-13(15(21)19(3)9-16)18-14(20)11-4-6-12(7-5-11)24(17,22)23/h4-7,10,13H,8H2,1-3H3,(H,18,20)(H2,17,22,23)/t13-/m0/s1. The van der Waals surface area contributed by atoms with Crippen LogP contribution in [0.5, 0.6) is 0 Å². The molecule has 2 amide bonds. The van der Waals surface area contributed by atoms with Crippen molar-refractivity contribution in [2.24, 2.45) is 11.1 Å². The molecule has 0 aliphatic heterocycles. The van der Waals surface area contributed by atoms with Crippen LogP contribution in [0.1, 0.15) is 30.6 Å². The van der Waals surface area contributed by atoms with Gasteiger partial charge in [0.05, 0.1) is 4.90 Å². The number of amides is 2. The smallest absolute Gasteiger partial charge is 0.257 e. The Morgan fingerprint density at radius 3 is 2.25 bits per heavy atom. The molecule has 0 fully saturated rings. The van der Waals surface area contributed by atoms with E-state index in [-0.39, 0.29) is 16.4 Å². The molecule has 0 saturated carbocycles. The van der Waals surface area contributed by atoms with Gasteiger partial charge in [-0.15, -0.1) is 0 Å². The third kappa shape index (κ3) is 5.33. The van der Waals surface area contributed by atoms with E-state index < -0.39 is 27.9 Å². The summed E-state index contributed by atoms with van der Waals surface area (Å²) in [7, 11) is -2.52. The molecule has 0 aliphatic carbocycles. The number of benzene rings is 1. The van der Waals surface area contributed by atoms with Crippen LogP contribution in [0, 0.1) is 17.4 Å². The lowest BCUT2D eigenvalue weighted by molar-refractivity contribution is -0.129. The van der Waals surface area contributed by atoms with Crippen molar-refractivity contribution in [3.05, 3.63) is 29.8 Å². The highest BCUT2D eigenvalue weighted by Gasteiger charge is 2.25. The van der Waals surface area contributed by atoms with E-state index in [1.807, 2.05) is 13.8 Å².